The molecule has 2 aromatic heterocycles. The fraction of sp³-hybridized carbons (Fsp3) is 0.385. The summed E-state index contributed by atoms with van der Waals surface area (Å²) in [5.41, 5.74) is 6.19. The number of amides is 2. The summed E-state index contributed by atoms with van der Waals surface area (Å²) in [6.07, 6.45) is -0.728. The van der Waals surface area contributed by atoms with Crippen molar-refractivity contribution < 1.29 is 29.2 Å². The molecule has 3 aromatic rings. The average Bonchev–Trinajstić information content (AvgIpc) is 3.61. The van der Waals surface area contributed by atoms with Gasteiger partial charge in [-0.1, -0.05) is 24.9 Å². The molecule has 1 fully saturated rings. The predicted octanol–water partition coefficient (Wildman–Crippen LogP) is 2.26. The van der Waals surface area contributed by atoms with Gasteiger partial charge in [0.15, 0.2) is 5.75 Å². The van der Waals surface area contributed by atoms with Crippen molar-refractivity contribution in [2.75, 3.05) is 13.2 Å². The van der Waals surface area contributed by atoms with E-state index >= 15 is 0 Å². The lowest BCUT2D eigenvalue weighted by Gasteiger charge is -2.28. The molecule has 0 spiro atoms. The molecule has 1 aromatic carbocycles. The molecule has 0 aliphatic carbocycles. The number of carbonyl (C=O) groups is 2. The number of carbonyl (C=O) groups excluding carboxylic acids is 2. The van der Waals surface area contributed by atoms with Crippen molar-refractivity contribution in [3.63, 3.8) is 0 Å². The SMILES string of the molecule is Cc1cc([C@@H](C(=O)N2C[C@H](O)C[C@H]2C(=O)NOc2ccc(-c3scnc3C#CCO)cc2)C(C)C)on1. The van der Waals surface area contributed by atoms with Gasteiger partial charge in [-0.05, 0) is 48.6 Å². The summed E-state index contributed by atoms with van der Waals surface area (Å²) in [5, 5.41) is 23.1. The Morgan fingerprint density at radius 2 is 2.08 bits per heavy atom. The van der Waals surface area contributed by atoms with Crippen LogP contribution >= 0.6 is 11.3 Å². The van der Waals surface area contributed by atoms with Gasteiger partial charge in [-0.15, -0.1) is 11.3 Å². The number of aromatic nitrogens is 2. The quantitative estimate of drug-likeness (QED) is 0.316. The zero-order chi connectivity index (χ0) is 26.5. The molecule has 194 valence electrons. The Labute approximate surface area is 218 Å². The van der Waals surface area contributed by atoms with Gasteiger partial charge in [-0.3, -0.25) is 9.59 Å². The predicted molar refractivity (Wildman–Crippen MR) is 135 cm³/mol. The smallest absolute Gasteiger partial charge is 0.275 e. The first-order chi connectivity index (χ1) is 17.8. The van der Waals surface area contributed by atoms with Crippen LogP contribution in [0.4, 0.5) is 0 Å². The minimum absolute atomic E-state index is 0.0400. The Bertz CT molecular complexity index is 1310. The van der Waals surface area contributed by atoms with Gasteiger partial charge in [0.25, 0.3) is 5.91 Å². The molecule has 1 aliphatic rings. The molecule has 0 saturated carbocycles. The summed E-state index contributed by atoms with van der Waals surface area (Å²) < 4.78 is 5.35. The number of aryl methyl sites for hydroxylation is 1. The van der Waals surface area contributed by atoms with Gasteiger partial charge in [0.1, 0.15) is 30.0 Å². The van der Waals surface area contributed by atoms with Crippen LogP contribution in [0.1, 0.15) is 43.3 Å². The Balaban J connectivity index is 1.42. The summed E-state index contributed by atoms with van der Waals surface area (Å²) in [7, 11) is 0. The van der Waals surface area contributed by atoms with E-state index in [1.54, 1.807) is 42.8 Å². The second-order valence-electron chi connectivity index (χ2n) is 9.07. The van der Waals surface area contributed by atoms with Crippen LogP contribution in [0.15, 0.2) is 40.4 Å². The Kier molecular flexibility index (Phi) is 8.23. The first kappa shape index (κ1) is 26.3. The molecule has 0 bridgehead atoms. The van der Waals surface area contributed by atoms with Crippen molar-refractivity contribution in [1.82, 2.24) is 20.5 Å². The van der Waals surface area contributed by atoms with Gasteiger partial charge in [-0.25, -0.2) is 4.98 Å². The fourth-order valence-corrected chi connectivity index (χ4v) is 5.02. The molecule has 3 heterocycles. The van der Waals surface area contributed by atoms with Gasteiger partial charge < -0.3 is 24.5 Å². The Hall–Kier alpha value is -3.72. The topological polar surface area (TPSA) is 138 Å². The molecule has 3 atom stereocenters. The van der Waals surface area contributed by atoms with Crippen LogP contribution in [0, 0.1) is 24.7 Å². The second kappa shape index (κ2) is 11.6. The van der Waals surface area contributed by atoms with E-state index in [0.29, 0.717) is 22.9 Å². The summed E-state index contributed by atoms with van der Waals surface area (Å²) in [6.45, 7) is 5.35. The molecule has 4 rings (SSSR count). The maximum atomic E-state index is 13.5. The number of likely N-dealkylation sites (tertiary alicyclic amines) is 1. The number of nitrogens with one attached hydrogen (secondary N) is 1. The average molecular weight is 525 g/mol. The Morgan fingerprint density at radius 3 is 2.73 bits per heavy atom. The van der Waals surface area contributed by atoms with E-state index in [-0.39, 0.29) is 31.4 Å². The van der Waals surface area contributed by atoms with Crippen LogP contribution in [0.25, 0.3) is 10.4 Å². The second-order valence-corrected chi connectivity index (χ2v) is 9.93. The number of β-amino-alcohol motifs (C(OH)–C–C–N with tert-alkyl or cyclic N) is 1. The van der Waals surface area contributed by atoms with Crippen LogP contribution in [0.5, 0.6) is 5.75 Å². The van der Waals surface area contributed by atoms with E-state index in [1.807, 2.05) is 13.8 Å². The highest BCUT2D eigenvalue weighted by molar-refractivity contribution is 7.13. The molecule has 3 N–H and O–H groups in total. The van der Waals surface area contributed by atoms with Crippen molar-refractivity contribution in [2.24, 2.45) is 5.92 Å². The third-order valence-corrected chi connectivity index (χ3v) is 6.87. The molecule has 2 amide bonds. The highest BCUT2D eigenvalue weighted by Crippen LogP contribution is 2.31. The molecule has 1 aliphatic heterocycles. The molecular weight excluding hydrogens is 496 g/mol. The zero-order valence-electron chi connectivity index (χ0n) is 20.7. The summed E-state index contributed by atoms with van der Waals surface area (Å²) >= 11 is 1.42. The van der Waals surface area contributed by atoms with Gasteiger partial charge in [0.2, 0.25) is 5.91 Å². The molecule has 1 saturated heterocycles. The summed E-state index contributed by atoms with van der Waals surface area (Å²) in [6, 6.07) is 7.81. The number of aliphatic hydroxyl groups excluding tert-OH is 2. The third-order valence-electron chi connectivity index (χ3n) is 5.99. The summed E-state index contributed by atoms with van der Waals surface area (Å²) in [4.78, 5) is 38.4. The lowest BCUT2D eigenvalue weighted by molar-refractivity contribution is -0.143. The largest absolute Gasteiger partial charge is 0.391 e. The van der Waals surface area contributed by atoms with E-state index < -0.39 is 24.0 Å². The van der Waals surface area contributed by atoms with Gasteiger partial charge in [0, 0.05) is 19.0 Å². The Morgan fingerprint density at radius 1 is 1.32 bits per heavy atom. The number of hydrogen-bond donors (Lipinski definition) is 3. The van der Waals surface area contributed by atoms with E-state index in [0.717, 1.165) is 10.4 Å². The van der Waals surface area contributed by atoms with Crippen molar-refractivity contribution in [3.05, 3.63) is 53.0 Å². The van der Waals surface area contributed by atoms with Crippen LogP contribution in [0.3, 0.4) is 0 Å². The molecule has 10 nitrogen and oxygen atoms in total. The van der Waals surface area contributed by atoms with Crippen LogP contribution in [-0.4, -0.2) is 62.4 Å². The van der Waals surface area contributed by atoms with E-state index in [4.69, 9.17) is 14.5 Å². The number of nitrogens with zero attached hydrogens (tertiary/aromatic N) is 3. The standard InChI is InChI=1S/C26H28N4O6S/c1-15(2)23(22-11-16(3)28-36-22)26(34)30-13-18(32)12-21(30)25(33)29-35-19-8-6-17(7-9-19)24-20(5-4-10-31)27-14-37-24/h6-9,11,14-15,18,21,23,31-32H,10,12-13H2,1-3H3,(H,29,33)/t18-,21+,23+/m1/s1. The van der Waals surface area contributed by atoms with E-state index in [2.05, 4.69) is 27.5 Å². The van der Waals surface area contributed by atoms with Crippen molar-refractivity contribution in [3.8, 4) is 28.0 Å². The highest BCUT2D eigenvalue weighted by atomic mass is 32.1. The minimum atomic E-state index is -0.892. The van der Waals surface area contributed by atoms with Gasteiger partial charge in [-0.2, -0.15) is 5.48 Å². The normalized spacial score (nSPS) is 17.8. The fourth-order valence-electron chi connectivity index (χ4n) is 4.26. The van der Waals surface area contributed by atoms with Crippen LogP contribution < -0.4 is 10.3 Å². The van der Waals surface area contributed by atoms with Crippen molar-refractivity contribution in [1.29, 1.82) is 0 Å². The third kappa shape index (κ3) is 5.99. The number of hydrogen-bond acceptors (Lipinski definition) is 9. The lowest BCUT2D eigenvalue weighted by atomic mass is 9.91. The number of hydroxylamine groups is 1. The van der Waals surface area contributed by atoms with Crippen molar-refractivity contribution in [2.45, 2.75) is 45.3 Å². The van der Waals surface area contributed by atoms with E-state index in [1.165, 1.54) is 16.2 Å². The van der Waals surface area contributed by atoms with Gasteiger partial charge >= 0.3 is 0 Å². The van der Waals surface area contributed by atoms with Crippen LogP contribution in [-0.2, 0) is 9.59 Å². The molecule has 37 heavy (non-hydrogen) atoms. The maximum absolute atomic E-state index is 13.5. The maximum Gasteiger partial charge on any atom is 0.275 e. The number of thiazole rings is 1. The van der Waals surface area contributed by atoms with Crippen LogP contribution in [0.2, 0.25) is 0 Å². The molecule has 0 radical (unpaired) electrons. The first-order valence-corrected chi connectivity index (χ1v) is 12.7. The molecule has 11 heteroatoms. The molecule has 0 unspecified atom stereocenters. The lowest BCUT2D eigenvalue weighted by Crippen LogP contribution is -2.48. The van der Waals surface area contributed by atoms with Crippen molar-refractivity contribution >= 4 is 23.2 Å². The van der Waals surface area contributed by atoms with Gasteiger partial charge in [0.05, 0.1) is 22.2 Å². The highest BCUT2D eigenvalue weighted by Gasteiger charge is 2.43. The van der Waals surface area contributed by atoms with E-state index in [9.17, 15) is 14.7 Å². The minimum Gasteiger partial charge on any atom is -0.391 e. The number of rotatable bonds is 7. The first-order valence-electron chi connectivity index (χ1n) is 11.8. The summed E-state index contributed by atoms with van der Waals surface area (Å²) in [5.74, 6) is 4.65. The monoisotopic (exact) mass is 524 g/mol. The number of aliphatic hydroxyl groups is 2. The molecular formula is C26H28N4O6S. The number of benzene rings is 1. The zero-order valence-corrected chi connectivity index (χ0v) is 21.5.